The number of aliphatic hydroxyl groups excluding tert-OH is 1. The van der Waals surface area contributed by atoms with Crippen LogP contribution in [0.3, 0.4) is 0 Å². The highest BCUT2D eigenvalue weighted by Gasteiger charge is 2.17. The first-order chi connectivity index (χ1) is 4.83. The molecule has 0 spiro atoms. The molecule has 60 valence electrons. The maximum Gasteiger partial charge on any atom is 0.0632 e. The third kappa shape index (κ3) is 2.74. The lowest BCUT2D eigenvalue weighted by atomic mass is 10.0. The fourth-order valence-electron chi connectivity index (χ4n) is 1.69. The van der Waals surface area contributed by atoms with Crippen LogP contribution in [0.15, 0.2) is 0 Å². The van der Waals surface area contributed by atoms with Crippen molar-refractivity contribution in [3.05, 3.63) is 0 Å². The minimum Gasteiger partial charge on any atom is -0.392 e. The largest absolute Gasteiger partial charge is 0.392 e. The molecule has 0 saturated heterocycles. The van der Waals surface area contributed by atoms with Crippen LogP contribution >= 0.6 is 22.6 Å². The Morgan fingerprint density at radius 1 is 1.40 bits per heavy atom. The summed E-state index contributed by atoms with van der Waals surface area (Å²) in [6.07, 6.45) is 6.49. The van der Waals surface area contributed by atoms with E-state index >= 15 is 0 Å². The van der Waals surface area contributed by atoms with Gasteiger partial charge in [0.25, 0.3) is 0 Å². The first kappa shape index (κ1) is 8.78. The molecular formula is C8H15IO. The van der Waals surface area contributed by atoms with Gasteiger partial charge in [0.15, 0.2) is 0 Å². The predicted octanol–water partition coefficient (Wildman–Crippen LogP) is 2.36. The highest BCUT2D eigenvalue weighted by molar-refractivity contribution is 14.1. The molecule has 1 aliphatic rings. The normalized spacial score (nSPS) is 23.4. The zero-order valence-corrected chi connectivity index (χ0v) is 8.38. The molecule has 1 rings (SSSR count). The number of alkyl halides is 1. The van der Waals surface area contributed by atoms with Crippen LogP contribution in [0.5, 0.6) is 0 Å². The Kier molecular flexibility index (Phi) is 3.99. The summed E-state index contributed by atoms with van der Waals surface area (Å²) in [5.41, 5.74) is 0. The highest BCUT2D eigenvalue weighted by atomic mass is 127. The Bertz CT molecular complexity index is 89.3. The van der Waals surface area contributed by atoms with E-state index in [-0.39, 0.29) is 6.10 Å². The molecule has 1 atom stereocenters. The van der Waals surface area contributed by atoms with Gasteiger partial charge >= 0.3 is 0 Å². The lowest BCUT2D eigenvalue weighted by Gasteiger charge is -2.11. The van der Waals surface area contributed by atoms with E-state index in [1.807, 2.05) is 0 Å². The lowest BCUT2D eigenvalue weighted by Crippen LogP contribution is -2.12. The van der Waals surface area contributed by atoms with E-state index in [9.17, 15) is 5.11 Å². The van der Waals surface area contributed by atoms with Gasteiger partial charge in [-0.05, 0) is 12.3 Å². The maximum absolute atomic E-state index is 9.31. The zero-order valence-electron chi connectivity index (χ0n) is 6.22. The zero-order chi connectivity index (χ0) is 7.40. The Balaban J connectivity index is 2.11. The molecule has 0 aliphatic heterocycles. The lowest BCUT2D eigenvalue weighted by molar-refractivity contribution is 0.168. The van der Waals surface area contributed by atoms with Crippen molar-refractivity contribution >= 4 is 22.6 Å². The van der Waals surface area contributed by atoms with E-state index in [1.165, 1.54) is 25.7 Å². The molecular weight excluding hydrogens is 239 g/mol. The number of hydrogen-bond donors (Lipinski definition) is 1. The monoisotopic (exact) mass is 254 g/mol. The Morgan fingerprint density at radius 3 is 2.50 bits per heavy atom. The average Bonchev–Trinajstić information content (AvgIpc) is 2.40. The van der Waals surface area contributed by atoms with Gasteiger partial charge in [-0.15, -0.1) is 0 Å². The van der Waals surface area contributed by atoms with Crippen molar-refractivity contribution in [3.8, 4) is 0 Å². The van der Waals surface area contributed by atoms with Crippen LogP contribution in [0.2, 0.25) is 0 Å². The predicted molar refractivity (Wildman–Crippen MR) is 51.5 cm³/mol. The summed E-state index contributed by atoms with van der Waals surface area (Å²) in [5.74, 6) is 0.838. The van der Waals surface area contributed by atoms with Crippen LogP contribution in [0.4, 0.5) is 0 Å². The number of rotatable bonds is 3. The van der Waals surface area contributed by atoms with Gasteiger partial charge in [0.1, 0.15) is 0 Å². The second-order valence-corrected chi connectivity index (χ2v) is 4.08. The molecule has 2 heteroatoms. The third-order valence-electron chi connectivity index (χ3n) is 2.26. The van der Waals surface area contributed by atoms with Crippen LogP contribution in [0, 0.1) is 5.92 Å². The second kappa shape index (κ2) is 4.54. The van der Waals surface area contributed by atoms with E-state index < -0.39 is 0 Å². The molecule has 0 amide bonds. The van der Waals surface area contributed by atoms with Gasteiger partial charge < -0.3 is 5.11 Å². The van der Waals surface area contributed by atoms with Crippen molar-refractivity contribution in [2.75, 3.05) is 4.43 Å². The van der Waals surface area contributed by atoms with E-state index in [1.54, 1.807) is 0 Å². The molecule has 0 radical (unpaired) electrons. The summed E-state index contributed by atoms with van der Waals surface area (Å²) in [6, 6.07) is 0. The van der Waals surface area contributed by atoms with Gasteiger partial charge in [0.2, 0.25) is 0 Å². The van der Waals surface area contributed by atoms with Crippen LogP contribution in [0.25, 0.3) is 0 Å². The highest BCUT2D eigenvalue weighted by Crippen LogP contribution is 2.28. The minimum atomic E-state index is -0.0382. The molecule has 1 saturated carbocycles. The average molecular weight is 254 g/mol. The molecule has 1 nitrogen and oxygen atoms in total. The van der Waals surface area contributed by atoms with Gasteiger partial charge in [0.05, 0.1) is 6.10 Å². The van der Waals surface area contributed by atoms with Gasteiger partial charge in [0, 0.05) is 4.43 Å². The molecule has 0 heterocycles. The van der Waals surface area contributed by atoms with E-state index in [4.69, 9.17) is 0 Å². The van der Waals surface area contributed by atoms with Crippen LogP contribution in [-0.4, -0.2) is 15.6 Å². The molecule has 1 unspecified atom stereocenters. The van der Waals surface area contributed by atoms with Crippen molar-refractivity contribution < 1.29 is 5.11 Å². The summed E-state index contributed by atoms with van der Waals surface area (Å²) in [5, 5.41) is 9.31. The first-order valence-electron chi connectivity index (χ1n) is 4.07. The standard InChI is InChI=1S/C8H15IO/c9-6-8(10)5-7-3-1-2-4-7/h7-8,10H,1-6H2. The summed E-state index contributed by atoms with van der Waals surface area (Å²) in [6.45, 7) is 0. The smallest absolute Gasteiger partial charge is 0.0632 e. The van der Waals surface area contributed by atoms with Gasteiger partial charge in [-0.3, -0.25) is 0 Å². The van der Waals surface area contributed by atoms with Crippen molar-refractivity contribution in [3.63, 3.8) is 0 Å². The third-order valence-corrected chi connectivity index (χ3v) is 3.27. The fourth-order valence-corrected chi connectivity index (χ4v) is 2.05. The molecule has 1 aliphatic carbocycles. The minimum absolute atomic E-state index is 0.0382. The number of hydrogen-bond acceptors (Lipinski definition) is 1. The second-order valence-electron chi connectivity index (χ2n) is 3.19. The maximum atomic E-state index is 9.31. The van der Waals surface area contributed by atoms with Crippen molar-refractivity contribution in [1.29, 1.82) is 0 Å². The molecule has 1 N–H and O–H groups in total. The molecule has 0 aromatic heterocycles. The number of halogens is 1. The van der Waals surface area contributed by atoms with Crippen LogP contribution in [0.1, 0.15) is 32.1 Å². The first-order valence-corrected chi connectivity index (χ1v) is 5.59. The van der Waals surface area contributed by atoms with Crippen molar-refractivity contribution in [2.24, 2.45) is 5.92 Å². The van der Waals surface area contributed by atoms with Gasteiger partial charge in [-0.1, -0.05) is 48.3 Å². The topological polar surface area (TPSA) is 20.2 Å². The quantitative estimate of drug-likeness (QED) is 0.605. The van der Waals surface area contributed by atoms with Crippen molar-refractivity contribution in [1.82, 2.24) is 0 Å². The molecule has 0 bridgehead atoms. The summed E-state index contributed by atoms with van der Waals surface area (Å²) in [7, 11) is 0. The summed E-state index contributed by atoms with van der Waals surface area (Å²) < 4.78 is 0.897. The number of aliphatic hydroxyl groups is 1. The SMILES string of the molecule is OC(CI)CC1CCCC1. The molecule has 1 fully saturated rings. The summed E-state index contributed by atoms with van der Waals surface area (Å²) in [4.78, 5) is 0. The molecule has 0 aromatic carbocycles. The van der Waals surface area contributed by atoms with E-state index in [0.29, 0.717) is 0 Å². The Morgan fingerprint density at radius 2 is 2.00 bits per heavy atom. The van der Waals surface area contributed by atoms with Crippen molar-refractivity contribution in [2.45, 2.75) is 38.2 Å². The van der Waals surface area contributed by atoms with Crippen LogP contribution in [-0.2, 0) is 0 Å². The van der Waals surface area contributed by atoms with Crippen LogP contribution < -0.4 is 0 Å². The van der Waals surface area contributed by atoms with Gasteiger partial charge in [-0.2, -0.15) is 0 Å². The molecule has 10 heavy (non-hydrogen) atoms. The van der Waals surface area contributed by atoms with Gasteiger partial charge in [-0.25, -0.2) is 0 Å². The molecule has 0 aromatic rings. The fraction of sp³-hybridized carbons (Fsp3) is 1.00. The van der Waals surface area contributed by atoms with E-state index in [0.717, 1.165) is 16.8 Å². The summed E-state index contributed by atoms with van der Waals surface area (Å²) >= 11 is 2.25. The Hall–Kier alpha value is 0.690. The Labute approximate surface area is 76.3 Å². The van der Waals surface area contributed by atoms with E-state index in [2.05, 4.69) is 22.6 Å².